The molecule has 5 aromatic rings. The van der Waals surface area contributed by atoms with Crippen molar-refractivity contribution in [3.05, 3.63) is 60.8 Å². The molecule has 1 saturated heterocycles. The first-order chi connectivity index (χ1) is 15.7. The fraction of sp³-hybridized carbons (Fsp3) is 0.217. The average Bonchev–Trinajstić information content (AvgIpc) is 3.56. The number of aromatic nitrogens is 6. The summed E-state index contributed by atoms with van der Waals surface area (Å²) < 4.78 is 8.88. The van der Waals surface area contributed by atoms with Crippen LogP contribution in [-0.4, -0.2) is 66.5 Å². The molecule has 0 aromatic carbocycles. The highest BCUT2D eigenvalue weighted by Gasteiger charge is 2.22. The van der Waals surface area contributed by atoms with Gasteiger partial charge in [0.15, 0.2) is 0 Å². The smallest absolute Gasteiger partial charge is 0.257 e. The van der Waals surface area contributed by atoms with Crippen LogP contribution in [0, 0.1) is 0 Å². The summed E-state index contributed by atoms with van der Waals surface area (Å²) in [6.45, 7) is 2.34. The van der Waals surface area contributed by atoms with Crippen LogP contribution in [0.1, 0.15) is 10.4 Å². The molecule has 1 aliphatic rings. The summed E-state index contributed by atoms with van der Waals surface area (Å²) in [5.41, 5.74) is 6.05. The molecule has 0 atom stereocenters. The van der Waals surface area contributed by atoms with E-state index in [-0.39, 0.29) is 5.91 Å². The van der Waals surface area contributed by atoms with Crippen LogP contribution in [0.25, 0.3) is 38.9 Å². The molecule has 9 heteroatoms. The summed E-state index contributed by atoms with van der Waals surface area (Å²) in [5.74, 6) is -0.0119. The highest BCUT2D eigenvalue weighted by atomic mass is 16.5. The zero-order valence-corrected chi connectivity index (χ0v) is 17.5. The molecule has 0 radical (unpaired) electrons. The van der Waals surface area contributed by atoms with Crippen molar-refractivity contribution in [1.29, 1.82) is 0 Å². The minimum absolute atomic E-state index is 0.0119. The van der Waals surface area contributed by atoms with Gasteiger partial charge in [-0.15, -0.1) is 0 Å². The molecule has 160 valence electrons. The van der Waals surface area contributed by atoms with Gasteiger partial charge in [0, 0.05) is 55.2 Å². The number of aryl methyl sites for hydroxylation is 1. The highest BCUT2D eigenvalue weighted by molar-refractivity contribution is 6.02. The third-order valence-corrected chi connectivity index (χ3v) is 5.90. The number of ether oxygens (including phenoxy) is 1. The third-order valence-electron chi connectivity index (χ3n) is 5.90. The summed E-state index contributed by atoms with van der Waals surface area (Å²) in [5, 5.41) is 9.62. The number of rotatable bonds is 3. The van der Waals surface area contributed by atoms with Crippen molar-refractivity contribution in [2.75, 3.05) is 26.3 Å². The van der Waals surface area contributed by atoms with Gasteiger partial charge >= 0.3 is 0 Å². The molecule has 1 N–H and O–H groups in total. The molecule has 1 aliphatic heterocycles. The van der Waals surface area contributed by atoms with Gasteiger partial charge in [-0.1, -0.05) is 0 Å². The predicted octanol–water partition coefficient (Wildman–Crippen LogP) is 2.75. The number of pyridine rings is 2. The van der Waals surface area contributed by atoms with E-state index in [4.69, 9.17) is 9.72 Å². The van der Waals surface area contributed by atoms with E-state index in [0.717, 1.165) is 38.9 Å². The van der Waals surface area contributed by atoms with Crippen LogP contribution in [0.5, 0.6) is 0 Å². The van der Waals surface area contributed by atoms with Crippen LogP contribution in [0.3, 0.4) is 0 Å². The summed E-state index contributed by atoms with van der Waals surface area (Å²) in [6.07, 6.45) is 9.23. The molecule has 0 unspecified atom stereocenters. The first-order valence-corrected chi connectivity index (χ1v) is 10.5. The third kappa shape index (κ3) is 3.05. The zero-order chi connectivity index (χ0) is 21.7. The number of fused-ring (bicyclic) bond motifs is 2. The van der Waals surface area contributed by atoms with Gasteiger partial charge in [-0.3, -0.25) is 9.48 Å². The molecule has 1 amide bonds. The molecule has 9 nitrogen and oxygen atoms in total. The van der Waals surface area contributed by atoms with Crippen LogP contribution in [0.15, 0.2) is 55.2 Å². The highest BCUT2D eigenvalue weighted by Crippen LogP contribution is 2.31. The van der Waals surface area contributed by atoms with E-state index < -0.39 is 0 Å². The van der Waals surface area contributed by atoms with Gasteiger partial charge in [0.2, 0.25) is 0 Å². The van der Waals surface area contributed by atoms with Gasteiger partial charge in [0.25, 0.3) is 5.91 Å². The zero-order valence-electron chi connectivity index (χ0n) is 17.5. The maximum absolute atomic E-state index is 13.1. The van der Waals surface area contributed by atoms with Gasteiger partial charge in [0.05, 0.1) is 42.4 Å². The van der Waals surface area contributed by atoms with Crippen LogP contribution < -0.4 is 0 Å². The Labute approximate surface area is 183 Å². The SMILES string of the molecule is Cn1cc(-c2ccc3c(-c4ccn5ncc(C(=O)N6CCOCC6)c5c4)c[nH]c3n2)cn1. The lowest BCUT2D eigenvalue weighted by Gasteiger charge is -2.26. The number of hydrogen-bond donors (Lipinski definition) is 1. The largest absolute Gasteiger partial charge is 0.378 e. The van der Waals surface area contributed by atoms with E-state index in [1.165, 1.54) is 0 Å². The molecule has 6 heterocycles. The summed E-state index contributed by atoms with van der Waals surface area (Å²) >= 11 is 0. The molecule has 6 rings (SSSR count). The predicted molar refractivity (Wildman–Crippen MR) is 119 cm³/mol. The number of aromatic amines is 1. The summed E-state index contributed by atoms with van der Waals surface area (Å²) in [7, 11) is 1.89. The van der Waals surface area contributed by atoms with Gasteiger partial charge in [-0.2, -0.15) is 10.2 Å². The summed E-state index contributed by atoms with van der Waals surface area (Å²) in [6, 6.07) is 8.08. The molecule has 32 heavy (non-hydrogen) atoms. The number of carbonyl (C=O) groups excluding carboxylic acids is 1. The Morgan fingerprint density at radius 1 is 1.09 bits per heavy atom. The molecule has 0 saturated carbocycles. The maximum atomic E-state index is 13.1. The number of morpholine rings is 1. The lowest BCUT2D eigenvalue weighted by molar-refractivity contribution is 0.0304. The van der Waals surface area contributed by atoms with Gasteiger partial charge < -0.3 is 14.6 Å². The minimum Gasteiger partial charge on any atom is -0.378 e. The Kier molecular flexibility index (Phi) is 4.29. The topological polar surface area (TPSA) is 93.3 Å². The lowest BCUT2D eigenvalue weighted by atomic mass is 10.1. The van der Waals surface area contributed by atoms with Gasteiger partial charge in [-0.05, 0) is 29.8 Å². The average molecular weight is 427 g/mol. The van der Waals surface area contributed by atoms with Gasteiger partial charge in [-0.25, -0.2) is 9.50 Å². The number of H-pyrrole nitrogens is 1. The van der Waals surface area contributed by atoms with E-state index in [1.807, 2.05) is 48.7 Å². The second kappa shape index (κ2) is 7.31. The molecule has 0 bridgehead atoms. The maximum Gasteiger partial charge on any atom is 0.257 e. The number of carbonyl (C=O) groups is 1. The second-order valence-corrected chi connectivity index (χ2v) is 7.91. The lowest BCUT2D eigenvalue weighted by Crippen LogP contribution is -2.40. The minimum atomic E-state index is -0.0119. The summed E-state index contributed by atoms with van der Waals surface area (Å²) in [4.78, 5) is 22.9. The molecule has 0 aliphatic carbocycles. The second-order valence-electron chi connectivity index (χ2n) is 7.91. The number of nitrogens with zero attached hydrogens (tertiary/aromatic N) is 6. The molecule has 0 spiro atoms. The van der Waals surface area contributed by atoms with Crippen molar-refractivity contribution in [2.24, 2.45) is 7.05 Å². The number of nitrogens with one attached hydrogen (secondary N) is 1. The molecular weight excluding hydrogens is 406 g/mol. The van der Waals surface area contributed by atoms with Crippen molar-refractivity contribution in [2.45, 2.75) is 0 Å². The Morgan fingerprint density at radius 2 is 1.97 bits per heavy atom. The van der Waals surface area contributed by atoms with E-state index in [2.05, 4.69) is 21.2 Å². The normalized spacial score (nSPS) is 14.5. The Morgan fingerprint density at radius 3 is 2.78 bits per heavy atom. The van der Waals surface area contributed by atoms with Crippen LogP contribution >= 0.6 is 0 Å². The van der Waals surface area contributed by atoms with Gasteiger partial charge in [0.1, 0.15) is 5.65 Å². The standard InChI is InChI=1S/C23H21N7O2/c1-28-14-16(11-25-28)20-3-2-17-18(12-24-22(17)27-20)15-4-5-30-21(10-15)19(13-26-30)23(31)29-6-8-32-9-7-29/h2-5,10-14H,6-9H2,1H3,(H,24,27). The van der Waals surface area contributed by atoms with E-state index >= 15 is 0 Å². The van der Waals surface area contributed by atoms with Crippen molar-refractivity contribution >= 4 is 22.5 Å². The van der Waals surface area contributed by atoms with E-state index in [9.17, 15) is 4.79 Å². The van der Waals surface area contributed by atoms with Crippen molar-refractivity contribution < 1.29 is 9.53 Å². The first-order valence-electron chi connectivity index (χ1n) is 10.5. The monoisotopic (exact) mass is 427 g/mol. The van der Waals surface area contributed by atoms with Crippen molar-refractivity contribution in [3.8, 4) is 22.4 Å². The number of hydrogen-bond acceptors (Lipinski definition) is 5. The molecular formula is C23H21N7O2. The van der Waals surface area contributed by atoms with Crippen LogP contribution in [-0.2, 0) is 11.8 Å². The quantitative estimate of drug-likeness (QED) is 0.478. The van der Waals surface area contributed by atoms with Crippen molar-refractivity contribution in [3.63, 3.8) is 0 Å². The first kappa shape index (κ1) is 18.8. The Hall–Kier alpha value is -3.98. The Balaban J connectivity index is 1.39. The molecule has 1 fully saturated rings. The van der Waals surface area contributed by atoms with Crippen molar-refractivity contribution in [1.82, 2.24) is 34.3 Å². The Bertz CT molecular complexity index is 1460. The fourth-order valence-electron chi connectivity index (χ4n) is 4.21. The van der Waals surface area contributed by atoms with Crippen LogP contribution in [0.2, 0.25) is 0 Å². The van der Waals surface area contributed by atoms with E-state index in [0.29, 0.717) is 31.9 Å². The number of amides is 1. The van der Waals surface area contributed by atoms with Crippen LogP contribution in [0.4, 0.5) is 0 Å². The molecule has 5 aromatic heterocycles. The fourth-order valence-corrected chi connectivity index (χ4v) is 4.21. The van der Waals surface area contributed by atoms with E-state index in [1.54, 1.807) is 21.6 Å².